The van der Waals surface area contributed by atoms with Gasteiger partial charge in [-0.2, -0.15) is 0 Å². The van der Waals surface area contributed by atoms with E-state index in [0.717, 1.165) is 43.1 Å². The number of benzene rings is 1. The van der Waals surface area contributed by atoms with Crippen molar-refractivity contribution < 1.29 is 9.47 Å². The van der Waals surface area contributed by atoms with Crippen LogP contribution in [0.5, 0.6) is 5.75 Å². The molecule has 1 aromatic heterocycles. The Morgan fingerprint density at radius 2 is 1.95 bits per heavy atom. The summed E-state index contributed by atoms with van der Waals surface area (Å²) in [6.07, 6.45) is 2.19. The number of hydrogen-bond donors (Lipinski definition) is 0. The molecule has 100 valence electrons. The van der Waals surface area contributed by atoms with Gasteiger partial charge in [0.05, 0.1) is 17.8 Å². The number of thiazole rings is 1. The Morgan fingerprint density at radius 3 is 2.63 bits per heavy atom. The van der Waals surface area contributed by atoms with Gasteiger partial charge in [0.25, 0.3) is 0 Å². The zero-order valence-corrected chi connectivity index (χ0v) is 11.8. The average Bonchev–Trinajstić information content (AvgIpc) is 2.98. The number of rotatable bonds is 3. The van der Waals surface area contributed by atoms with Crippen molar-refractivity contribution in [3.05, 3.63) is 34.7 Å². The van der Waals surface area contributed by atoms with E-state index in [-0.39, 0.29) is 0 Å². The first-order valence-electron chi connectivity index (χ1n) is 6.54. The van der Waals surface area contributed by atoms with Crippen molar-refractivity contribution in [2.75, 3.05) is 20.3 Å². The number of nitrogens with zero attached hydrogens (tertiary/aromatic N) is 1. The van der Waals surface area contributed by atoms with Crippen molar-refractivity contribution in [1.29, 1.82) is 0 Å². The van der Waals surface area contributed by atoms with Crippen LogP contribution in [0.15, 0.2) is 29.6 Å². The summed E-state index contributed by atoms with van der Waals surface area (Å²) in [5.41, 5.74) is 2.21. The van der Waals surface area contributed by atoms with E-state index in [0.29, 0.717) is 5.92 Å². The molecule has 3 rings (SSSR count). The Hall–Kier alpha value is -1.39. The van der Waals surface area contributed by atoms with Crippen molar-refractivity contribution in [3.8, 4) is 17.0 Å². The first-order chi connectivity index (χ1) is 9.36. The number of hydrogen-bond acceptors (Lipinski definition) is 4. The third-order valence-electron chi connectivity index (χ3n) is 3.48. The number of aromatic nitrogens is 1. The van der Waals surface area contributed by atoms with Crippen molar-refractivity contribution in [3.63, 3.8) is 0 Å². The Morgan fingerprint density at radius 1 is 1.21 bits per heavy atom. The molecule has 0 unspecified atom stereocenters. The molecule has 1 saturated heterocycles. The van der Waals surface area contributed by atoms with Crippen LogP contribution in [0.3, 0.4) is 0 Å². The van der Waals surface area contributed by atoms with Gasteiger partial charge in [-0.25, -0.2) is 4.98 Å². The van der Waals surface area contributed by atoms with Gasteiger partial charge >= 0.3 is 0 Å². The highest BCUT2D eigenvalue weighted by molar-refractivity contribution is 7.10. The maximum absolute atomic E-state index is 5.40. The van der Waals surface area contributed by atoms with Crippen LogP contribution in [0.4, 0.5) is 0 Å². The third kappa shape index (κ3) is 2.80. The van der Waals surface area contributed by atoms with Gasteiger partial charge in [-0.3, -0.25) is 0 Å². The van der Waals surface area contributed by atoms with Gasteiger partial charge in [0.15, 0.2) is 0 Å². The lowest BCUT2D eigenvalue weighted by Crippen LogP contribution is -2.13. The molecule has 1 fully saturated rings. The van der Waals surface area contributed by atoms with Crippen molar-refractivity contribution in [2.45, 2.75) is 18.8 Å². The van der Waals surface area contributed by atoms with Crippen LogP contribution in [-0.2, 0) is 4.74 Å². The minimum Gasteiger partial charge on any atom is -0.497 e. The van der Waals surface area contributed by atoms with Crippen LogP contribution in [0, 0.1) is 0 Å². The van der Waals surface area contributed by atoms with Gasteiger partial charge in [-0.1, -0.05) is 0 Å². The second-order valence-corrected chi connectivity index (χ2v) is 5.58. The molecule has 0 amide bonds. The van der Waals surface area contributed by atoms with E-state index < -0.39 is 0 Å². The van der Waals surface area contributed by atoms with Crippen LogP contribution in [0.1, 0.15) is 23.8 Å². The molecule has 4 heteroatoms. The lowest BCUT2D eigenvalue weighted by molar-refractivity contribution is 0.0853. The fraction of sp³-hybridized carbons (Fsp3) is 0.400. The van der Waals surface area contributed by atoms with Gasteiger partial charge in [-0.15, -0.1) is 11.3 Å². The summed E-state index contributed by atoms with van der Waals surface area (Å²) in [5, 5.41) is 3.39. The molecule has 19 heavy (non-hydrogen) atoms. The van der Waals surface area contributed by atoms with Crippen LogP contribution < -0.4 is 4.74 Å². The van der Waals surface area contributed by atoms with E-state index in [1.54, 1.807) is 18.4 Å². The first kappa shape index (κ1) is 12.6. The smallest absolute Gasteiger partial charge is 0.118 e. The zero-order chi connectivity index (χ0) is 13.1. The molecule has 0 radical (unpaired) electrons. The highest BCUT2D eigenvalue weighted by Gasteiger charge is 2.19. The van der Waals surface area contributed by atoms with E-state index in [4.69, 9.17) is 14.5 Å². The molecule has 0 saturated carbocycles. The molecular formula is C15H17NO2S. The van der Waals surface area contributed by atoms with Gasteiger partial charge in [0, 0.05) is 30.1 Å². The Bertz CT molecular complexity index is 529. The maximum Gasteiger partial charge on any atom is 0.118 e. The molecule has 3 nitrogen and oxygen atoms in total. The predicted molar refractivity (Wildman–Crippen MR) is 76.9 cm³/mol. The largest absolute Gasteiger partial charge is 0.497 e. The van der Waals surface area contributed by atoms with Crippen LogP contribution >= 0.6 is 11.3 Å². The molecule has 1 aliphatic heterocycles. The van der Waals surface area contributed by atoms with Crippen molar-refractivity contribution >= 4 is 11.3 Å². The summed E-state index contributed by atoms with van der Waals surface area (Å²) < 4.78 is 10.6. The molecule has 0 spiro atoms. The monoisotopic (exact) mass is 275 g/mol. The van der Waals surface area contributed by atoms with E-state index >= 15 is 0 Å². The Labute approximate surface area is 117 Å². The van der Waals surface area contributed by atoms with E-state index in [9.17, 15) is 0 Å². The quantitative estimate of drug-likeness (QED) is 0.855. The van der Waals surface area contributed by atoms with E-state index in [1.165, 1.54) is 5.01 Å². The van der Waals surface area contributed by atoms with Gasteiger partial charge < -0.3 is 9.47 Å². The summed E-state index contributed by atoms with van der Waals surface area (Å²) in [7, 11) is 1.68. The maximum atomic E-state index is 5.40. The lowest BCUT2D eigenvalue weighted by atomic mass is 10.0. The molecule has 0 aliphatic carbocycles. The predicted octanol–water partition coefficient (Wildman–Crippen LogP) is 3.71. The molecule has 1 aromatic carbocycles. The summed E-state index contributed by atoms with van der Waals surface area (Å²) in [4.78, 5) is 4.78. The fourth-order valence-electron chi connectivity index (χ4n) is 2.31. The summed E-state index contributed by atoms with van der Waals surface area (Å²) in [5.74, 6) is 1.45. The highest BCUT2D eigenvalue weighted by Crippen LogP contribution is 2.32. The minimum atomic E-state index is 0.575. The lowest BCUT2D eigenvalue weighted by Gasteiger charge is -2.19. The molecule has 0 bridgehead atoms. The molecule has 2 aromatic rings. The minimum absolute atomic E-state index is 0.575. The fourth-order valence-corrected chi connectivity index (χ4v) is 3.31. The molecule has 1 aliphatic rings. The summed E-state index contributed by atoms with van der Waals surface area (Å²) >= 11 is 1.76. The van der Waals surface area contributed by atoms with Gasteiger partial charge in [0.1, 0.15) is 5.75 Å². The summed E-state index contributed by atoms with van der Waals surface area (Å²) in [6.45, 7) is 1.73. The first-order valence-corrected chi connectivity index (χ1v) is 7.42. The van der Waals surface area contributed by atoms with Gasteiger partial charge in [-0.05, 0) is 37.1 Å². The number of ether oxygens (including phenoxy) is 2. The second-order valence-electron chi connectivity index (χ2n) is 4.69. The van der Waals surface area contributed by atoms with Crippen molar-refractivity contribution in [2.24, 2.45) is 0 Å². The second kappa shape index (κ2) is 5.72. The highest BCUT2D eigenvalue weighted by atomic mass is 32.1. The number of methoxy groups -OCH3 is 1. The van der Waals surface area contributed by atoms with E-state index in [1.807, 2.05) is 12.1 Å². The molecular weight excluding hydrogens is 258 g/mol. The molecule has 2 heterocycles. The van der Waals surface area contributed by atoms with Gasteiger partial charge in [0.2, 0.25) is 0 Å². The van der Waals surface area contributed by atoms with Crippen LogP contribution in [0.2, 0.25) is 0 Å². The molecule has 0 atom stereocenters. The zero-order valence-electron chi connectivity index (χ0n) is 11.0. The van der Waals surface area contributed by atoms with Crippen molar-refractivity contribution in [1.82, 2.24) is 4.98 Å². The standard InChI is InChI=1S/C15H17NO2S/c1-17-13-4-2-11(3-5-13)14-10-19-15(16-14)12-6-8-18-9-7-12/h2-5,10,12H,6-9H2,1H3. The van der Waals surface area contributed by atoms with Crippen LogP contribution in [0.25, 0.3) is 11.3 Å². The Kier molecular flexibility index (Phi) is 3.80. The summed E-state index contributed by atoms with van der Waals surface area (Å²) in [6, 6.07) is 8.06. The topological polar surface area (TPSA) is 31.4 Å². The Balaban J connectivity index is 1.79. The van der Waals surface area contributed by atoms with Crippen LogP contribution in [-0.4, -0.2) is 25.3 Å². The molecule has 0 N–H and O–H groups in total. The average molecular weight is 275 g/mol. The van der Waals surface area contributed by atoms with E-state index in [2.05, 4.69) is 17.5 Å². The SMILES string of the molecule is COc1ccc(-c2csc(C3CCOCC3)n2)cc1. The third-order valence-corrected chi connectivity index (χ3v) is 4.49. The normalized spacial score (nSPS) is 16.5.